The number of halogens is 1. The zero-order chi connectivity index (χ0) is 9.60. The topological polar surface area (TPSA) is 16.1 Å². The molecule has 0 N–H and O–H groups in total. The van der Waals surface area contributed by atoms with Gasteiger partial charge in [-0.05, 0) is 24.7 Å². The van der Waals surface area contributed by atoms with Gasteiger partial charge in [-0.2, -0.15) is 0 Å². The molecule has 1 aliphatic carbocycles. The van der Waals surface area contributed by atoms with Crippen LogP contribution in [0.1, 0.15) is 25.7 Å². The third-order valence-corrected chi connectivity index (χ3v) is 4.81. The van der Waals surface area contributed by atoms with Crippen LogP contribution in [0.4, 0.5) is 5.13 Å². The van der Waals surface area contributed by atoms with Gasteiger partial charge in [-0.1, -0.05) is 18.0 Å². The van der Waals surface area contributed by atoms with Gasteiger partial charge in [0, 0.05) is 18.5 Å². The van der Waals surface area contributed by atoms with E-state index in [0.29, 0.717) is 10.6 Å². The Kier molecular flexibility index (Phi) is 1.99. The molecule has 3 rings (SSSR count). The molecule has 1 saturated heterocycles. The standard InChI is InChI=1S/C10H13ClN2S/c11-8-6-14-9(12-8)13-5-4-10(7-13)2-1-3-10/h6H,1-5,7H2. The van der Waals surface area contributed by atoms with E-state index >= 15 is 0 Å². The van der Waals surface area contributed by atoms with E-state index in [9.17, 15) is 0 Å². The molecular formula is C10H13ClN2S. The highest BCUT2D eigenvalue weighted by atomic mass is 35.5. The lowest BCUT2D eigenvalue weighted by Crippen LogP contribution is -2.33. The van der Waals surface area contributed by atoms with Gasteiger partial charge in [-0.25, -0.2) is 4.98 Å². The van der Waals surface area contributed by atoms with Crippen molar-refractivity contribution in [3.05, 3.63) is 10.5 Å². The first-order chi connectivity index (χ1) is 6.77. The largest absolute Gasteiger partial charge is 0.347 e. The second-order valence-electron chi connectivity index (χ2n) is 4.48. The summed E-state index contributed by atoms with van der Waals surface area (Å²) in [6.45, 7) is 2.38. The van der Waals surface area contributed by atoms with Crippen LogP contribution < -0.4 is 4.90 Å². The van der Waals surface area contributed by atoms with Crippen LogP contribution in [0.3, 0.4) is 0 Å². The van der Waals surface area contributed by atoms with Gasteiger partial charge >= 0.3 is 0 Å². The molecule has 0 amide bonds. The quantitative estimate of drug-likeness (QED) is 0.734. The molecule has 1 spiro atoms. The second kappa shape index (κ2) is 3.11. The van der Waals surface area contributed by atoms with Gasteiger partial charge in [0.15, 0.2) is 5.13 Å². The maximum atomic E-state index is 5.83. The molecule has 1 aromatic rings. The Bertz CT molecular complexity index is 346. The molecule has 2 nitrogen and oxygen atoms in total. The maximum Gasteiger partial charge on any atom is 0.186 e. The van der Waals surface area contributed by atoms with E-state index in [0.717, 1.165) is 5.13 Å². The number of thiazole rings is 1. The summed E-state index contributed by atoms with van der Waals surface area (Å²) in [4.78, 5) is 6.73. The van der Waals surface area contributed by atoms with E-state index in [2.05, 4.69) is 9.88 Å². The lowest BCUT2D eigenvalue weighted by Gasteiger charge is -2.37. The van der Waals surface area contributed by atoms with Crippen LogP contribution in [0, 0.1) is 5.41 Å². The first kappa shape index (κ1) is 8.98. The van der Waals surface area contributed by atoms with Crippen molar-refractivity contribution >= 4 is 28.1 Å². The van der Waals surface area contributed by atoms with E-state index in [1.54, 1.807) is 11.3 Å². The number of rotatable bonds is 1. The van der Waals surface area contributed by atoms with Gasteiger partial charge in [-0.3, -0.25) is 0 Å². The molecule has 0 unspecified atom stereocenters. The monoisotopic (exact) mass is 228 g/mol. The molecule has 0 atom stereocenters. The highest BCUT2D eigenvalue weighted by Gasteiger charge is 2.43. The molecule has 1 aliphatic heterocycles. The molecular weight excluding hydrogens is 216 g/mol. The van der Waals surface area contributed by atoms with Gasteiger partial charge < -0.3 is 4.90 Å². The first-order valence-corrected chi connectivity index (χ1v) is 6.39. The van der Waals surface area contributed by atoms with Crippen molar-refractivity contribution in [2.24, 2.45) is 5.41 Å². The normalized spacial score (nSPS) is 24.2. The minimum atomic E-state index is 0.638. The maximum absolute atomic E-state index is 5.83. The van der Waals surface area contributed by atoms with Gasteiger partial charge in [0.2, 0.25) is 0 Å². The lowest BCUT2D eigenvalue weighted by molar-refractivity contribution is 0.165. The van der Waals surface area contributed by atoms with Gasteiger partial charge in [0.05, 0.1) is 0 Å². The average molecular weight is 229 g/mol. The van der Waals surface area contributed by atoms with Crippen LogP contribution >= 0.6 is 22.9 Å². The van der Waals surface area contributed by atoms with Crippen molar-refractivity contribution in [2.45, 2.75) is 25.7 Å². The predicted octanol–water partition coefficient (Wildman–Crippen LogP) is 3.18. The molecule has 0 radical (unpaired) electrons. The third-order valence-electron chi connectivity index (χ3n) is 3.59. The van der Waals surface area contributed by atoms with E-state index < -0.39 is 0 Å². The summed E-state index contributed by atoms with van der Waals surface area (Å²) >= 11 is 7.50. The molecule has 0 aromatic carbocycles. The van der Waals surface area contributed by atoms with Gasteiger partial charge in [0.25, 0.3) is 0 Å². The Morgan fingerprint density at radius 1 is 1.43 bits per heavy atom. The molecule has 1 saturated carbocycles. The van der Waals surface area contributed by atoms with Crippen LogP contribution in [-0.2, 0) is 0 Å². The molecule has 1 aromatic heterocycles. The van der Waals surface area contributed by atoms with E-state index in [4.69, 9.17) is 11.6 Å². The average Bonchev–Trinajstić information content (AvgIpc) is 2.67. The second-order valence-corrected chi connectivity index (χ2v) is 5.70. The lowest BCUT2D eigenvalue weighted by atomic mass is 9.68. The van der Waals surface area contributed by atoms with Crippen molar-refractivity contribution < 1.29 is 0 Å². The number of nitrogens with zero attached hydrogens (tertiary/aromatic N) is 2. The van der Waals surface area contributed by atoms with Crippen molar-refractivity contribution in [2.75, 3.05) is 18.0 Å². The minimum absolute atomic E-state index is 0.638. The Hall–Kier alpha value is -0.280. The van der Waals surface area contributed by atoms with Crippen LogP contribution in [0.2, 0.25) is 5.15 Å². The van der Waals surface area contributed by atoms with Crippen LogP contribution in [0.15, 0.2) is 5.38 Å². The van der Waals surface area contributed by atoms with Crippen molar-refractivity contribution in [1.29, 1.82) is 0 Å². The molecule has 0 bridgehead atoms. The minimum Gasteiger partial charge on any atom is -0.347 e. The summed E-state index contributed by atoms with van der Waals surface area (Å²) < 4.78 is 0. The Balaban J connectivity index is 1.76. The summed E-state index contributed by atoms with van der Waals surface area (Å²) in [5, 5.41) is 3.67. The van der Waals surface area contributed by atoms with Crippen molar-refractivity contribution in [1.82, 2.24) is 4.98 Å². The summed E-state index contributed by atoms with van der Waals surface area (Å²) in [5.74, 6) is 0. The summed E-state index contributed by atoms with van der Waals surface area (Å²) in [7, 11) is 0. The number of hydrogen-bond donors (Lipinski definition) is 0. The highest BCUT2D eigenvalue weighted by Crippen LogP contribution is 2.49. The Morgan fingerprint density at radius 3 is 2.79 bits per heavy atom. The summed E-state index contributed by atoms with van der Waals surface area (Å²) in [5.41, 5.74) is 0.651. The number of hydrogen-bond acceptors (Lipinski definition) is 3. The summed E-state index contributed by atoms with van der Waals surface area (Å²) in [6, 6.07) is 0. The molecule has 2 aliphatic rings. The fourth-order valence-electron chi connectivity index (χ4n) is 2.57. The molecule has 4 heteroatoms. The predicted molar refractivity (Wildman–Crippen MR) is 60.2 cm³/mol. The first-order valence-electron chi connectivity index (χ1n) is 5.13. The smallest absolute Gasteiger partial charge is 0.186 e. The third kappa shape index (κ3) is 1.34. The van der Waals surface area contributed by atoms with E-state index in [-0.39, 0.29) is 0 Å². The summed E-state index contributed by atoms with van der Waals surface area (Å²) in [6.07, 6.45) is 5.61. The number of aromatic nitrogens is 1. The van der Waals surface area contributed by atoms with Crippen LogP contribution in [-0.4, -0.2) is 18.1 Å². The zero-order valence-corrected chi connectivity index (χ0v) is 9.57. The number of anilines is 1. The Morgan fingerprint density at radius 2 is 2.29 bits per heavy atom. The molecule has 2 heterocycles. The fourth-order valence-corrected chi connectivity index (χ4v) is 3.55. The fraction of sp³-hybridized carbons (Fsp3) is 0.700. The van der Waals surface area contributed by atoms with Gasteiger partial charge in [-0.15, -0.1) is 11.3 Å². The zero-order valence-electron chi connectivity index (χ0n) is 8.00. The molecule has 76 valence electrons. The van der Waals surface area contributed by atoms with Gasteiger partial charge in [0.1, 0.15) is 5.15 Å². The van der Waals surface area contributed by atoms with E-state index in [1.807, 2.05) is 5.38 Å². The van der Waals surface area contributed by atoms with Crippen LogP contribution in [0.25, 0.3) is 0 Å². The molecule has 14 heavy (non-hydrogen) atoms. The van der Waals surface area contributed by atoms with E-state index in [1.165, 1.54) is 38.8 Å². The molecule has 2 fully saturated rings. The SMILES string of the molecule is Clc1csc(N2CCC3(CCC3)C2)n1. The van der Waals surface area contributed by atoms with Crippen molar-refractivity contribution in [3.63, 3.8) is 0 Å². The van der Waals surface area contributed by atoms with Crippen LogP contribution in [0.5, 0.6) is 0 Å². The van der Waals surface area contributed by atoms with Crippen molar-refractivity contribution in [3.8, 4) is 0 Å². The Labute approximate surface area is 92.9 Å². The highest BCUT2D eigenvalue weighted by molar-refractivity contribution is 7.14.